The van der Waals surface area contributed by atoms with Crippen molar-refractivity contribution in [3.63, 3.8) is 0 Å². The summed E-state index contributed by atoms with van der Waals surface area (Å²) < 4.78 is 1.29. The van der Waals surface area contributed by atoms with E-state index >= 15 is 0 Å². The van der Waals surface area contributed by atoms with Crippen molar-refractivity contribution in [1.29, 1.82) is 0 Å². The van der Waals surface area contributed by atoms with Crippen molar-refractivity contribution in [2.24, 2.45) is 0 Å². The summed E-state index contributed by atoms with van der Waals surface area (Å²) in [5.74, 6) is 0. The van der Waals surface area contributed by atoms with Crippen LogP contribution < -0.4 is 0 Å². The summed E-state index contributed by atoms with van der Waals surface area (Å²) in [5, 5.41) is 5.35. The molecule has 1 heteroatoms. The highest BCUT2D eigenvalue weighted by Crippen LogP contribution is 2.26. The average Bonchev–Trinajstić information content (AvgIpc) is 2.56. The van der Waals surface area contributed by atoms with E-state index in [0.29, 0.717) is 0 Å². The van der Waals surface area contributed by atoms with Crippen molar-refractivity contribution in [1.82, 2.24) is 0 Å². The fourth-order valence-electron chi connectivity index (χ4n) is 3.12. The van der Waals surface area contributed by atoms with Crippen LogP contribution in [0.2, 0.25) is 0 Å². The van der Waals surface area contributed by atoms with Gasteiger partial charge in [0.1, 0.15) is 0 Å². The molecule has 0 fully saturated rings. The van der Waals surface area contributed by atoms with Crippen molar-refractivity contribution >= 4 is 44.1 Å². The van der Waals surface area contributed by atoms with Gasteiger partial charge in [0.05, 0.1) is 0 Å². The molecule has 0 aliphatic heterocycles. The molecule has 0 bridgehead atoms. The molecule has 0 amide bonds. The van der Waals surface area contributed by atoms with Gasteiger partial charge in [0, 0.05) is 3.57 Å². The van der Waals surface area contributed by atoms with Crippen LogP contribution >= 0.6 is 22.6 Å². The van der Waals surface area contributed by atoms with Crippen LogP contribution in [0.1, 0.15) is 11.1 Å². The molecular weight excluding hydrogens is 379 g/mol. The second-order valence-corrected chi connectivity index (χ2v) is 6.84. The molecule has 0 spiro atoms. The van der Waals surface area contributed by atoms with Crippen LogP contribution in [0.4, 0.5) is 0 Å². The van der Waals surface area contributed by atoms with Gasteiger partial charge in [-0.15, -0.1) is 0 Å². The van der Waals surface area contributed by atoms with E-state index in [1.165, 1.54) is 36.2 Å². The average molecular weight is 394 g/mol. The zero-order chi connectivity index (χ0) is 14.9. The first-order valence-electron chi connectivity index (χ1n) is 7.45. The van der Waals surface area contributed by atoms with Gasteiger partial charge in [-0.25, -0.2) is 0 Å². The Bertz CT molecular complexity index is 964. The summed E-state index contributed by atoms with van der Waals surface area (Å²) in [4.78, 5) is 0. The van der Waals surface area contributed by atoms with E-state index in [-0.39, 0.29) is 0 Å². The molecule has 0 nitrogen and oxygen atoms in total. The third kappa shape index (κ3) is 2.50. The lowest BCUT2D eigenvalue weighted by Crippen LogP contribution is -1.92. The molecule has 0 saturated heterocycles. The second kappa shape index (κ2) is 5.73. The lowest BCUT2D eigenvalue weighted by atomic mass is 9.95. The largest absolute Gasteiger partial charge is 0.0616 e. The molecule has 0 radical (unpaired) electrons. The van der Waals surface area contributed by atoms with Crippen LogP contribution in [0.15, 0.2) is 78.9 Å². The predicted molar refractivity (Wildman–Crippen MR) is 103 cm³/mol. The summed E-state index contributed by atoms with van der Waals surface area (Å²) in [5.41, 5.74) is 2.79. The normalized spacial score (nSPS) is 11.1. The number of fused-ring (bicyclic) bond motifs is 2. The van der Waals surface area contributed by atoms with Gasteiger partial charge < -0.3 is 0 Å². The third-order valence-corrected chi connectivity index (χ3v) is 4.87. The number of hydrogen-bond acceptors (Lipinski definition) is 0. The molecule has 0 aromatic heterocycles. The lowest BCUT2D eigenvalue weighted by molar-refractivity contribution is 1.24. The SMILES string of the molecule is Ic1ccc2cccc(Cc3cccc4ccccc34)c2c1. The van der Waals surface area contributed by atoms with Gasteiger partial charge in [-0.1, -0.05) is 66.7 Å². The van der Waals surface area contributed by atoms with E-state index in [1.807, 2.05) is 0 Å². The molecule has 0 aliphatic carbocycles. The first kappa shape index (κ1) is 13.8. The molecule has 0 unspecified atom stereocenters. The maximum Gasteiger partial charge on any atom is 0.0136 e. The molecule has 0 heterocycles. The van der Waals surface area contributed by atoms with Gasteiger partial charge in [0.25, 0.3) is 0 Å². The fraction of sp³-hybridized carbons (Fsp3) is 0.0476. The van der Waals surface area contributed by atoms with Gasteiger partial charge in [-0.2, -0.15) is 0 Å². The zero-order valence-corrected chi connectivity index (χ0v) is 14.2. The Morgan fingerprint density at radius 2 is 1.23 bits per heavy atom. The van der Waals surface area contributed by atoms with E-state index in [4.69, 9.17) is 0 Å². The van der Waals surface area contributed by atoms with Gasteiger partial charge in [0.2, 0.25) is 0 Å². The highest BCUT2D eigenvalue weighted by Gasteiger charge is 2.05. The Hall–Kier alpha value is -1.87. The molecule has 4 rings (SSSR count). The van der Waals surface area contributed by atoms with E-state index < -0.39 is 0 Å². The minimum atomic E-state index is 0.971. The number of halogens is 1. The quantitative estimate of drug-likeness (QED) is 0.356. The Morgan fingerprint density at radius 3 is 2.05 bits per heavy atom. The van der Waals surface area contributed by atoms with Crippen LogP contribution in [0.25, 0.3) is 21.5 Å². The number of benzene rings is 4. The Balaban J connectivity index is 1.88. The van der Waals surface area contributed by atoms with Crippen molar-refractivity contribution in [2.45, 2.75) is 6.42 Å². The highest BCUT2D eigenvalue weighted by molar-refractivity contribution is 14.1. The molecule has 0 N–H and O–H groups in total. The van der Waals surface area contributed by atoms with Gasteiger partial charge >= 0.3 is 0 Å². The summed E-state index contributed by atoms with van der Waals surface area (Å²) in [7, 11) is 0. The monoisotopic (exact) mass is 394 g/mol. The van der Waals surface area contributed by atoms with E-state index in [2.05, 4.69) is 101 Å². The first-order valence-corrected chi connectivity index (χ1v) is 8.53. The van der Waals surface area contributed by atoms with Crippen molar-refractivity contribution in [3.8, 4) is 0 Å². The number of hydrogen-bond donors (Lipinski definition) is 0. The third-order valence-electron chi connectivity index (χ3n) is 4.20. The van der Waals surface area contributed by atoms with Crippen molar-refractivity contribution in [2.75, 3.05) is 0 Å². The van der Waals surface area contributed by atoms with Crippen molar-refractivity contribution < 1.29 is 0 Å². The molecular formula is C21H15I. The van der Waals surface area contributed by atoms with Crippen LogP contribution in [0.5, 0.6) is 0 Å². The molecule has 106 valence electrons. The maximum absolute atomic E-state index is 2.39. The lowest BCUT2D eigenvalue weighted by Gasteiger charge is -2.10. The maximum atomic E-state index is 2.39. The summed E-state index contributed by atoms with van der Waals surface area (Å²) in [6, 6.07) is 28.5. The molecule has 22 heavy (non-hydrogen) atoms. The minimum absolute atomic E-state index is 0.971. The number of rotatable bonds is 2. The topological polar surface area (TPSA) is 0 Å². The molecule has 0 aliphatic rings. The van der Waals surface area contributed by atoms with Gasteiger partial charge in [-0.3, -0.25) is 0 Å². The van der Waals surface area contributed by atoms with E-state index in [0.717, 1.165) is 6.42 Å². The van der Waals surface area contributed by atoms with Crippen LogP contribution in [0.3, 0.4) is 0 Å². The van der Waals surface area contributed by atoms with Crippen molar-refractivity contribution in [3.05, 3.63) is 93.6 Å². The molecule has 0 saturated carbocycles. The Labute approximate surface area is 143 Å². The molecule has 4 aromatic rings. The summed E-state index contributed by atoms with van der Waals surface area (Å²) >= 11 is 2.39. The summed E-state index contributed by atoms with van der Waals surface area (Å²) in [6.45, 7) is 0. The predicted octanol–water partition coefficient (Wildman–Crippen LogP) is 6.19. The van der Waals surface area contributed by atoms with Crippen LogP contribution in [-0.2, 0) is 6.42 Å². The van der Waals surface area contributed by atoms with Gasteiger partial charge in [0.15, 0.2) is 0 Å². The molecule has 4 aromatic carbocycles. The van der Waals surface area contributed by atoms with Crippen LogP contribution in [0, 0.1) is 3.57 Å². The second-order valence-electron chi connectivity index (χ2n) is 5.60. The van der Waals surface area contributed by atoms with Crippen LogP contribution in [-0.4, -0.2) is 0 Å². The highest BCUT2D eigenvalue weighted by atomic mass is 127. The zero-order valence-electron chi connectivity index (χ0n) is 12.1. The Kier molecular flexibility index (Phi) is 3.59. The Morgan fingerprint density at radius 1 is 0.591 bits per heavy atom. The minimum Gasteiger partial charge on any atom is -0.0616 e. The first-order chi connectivity index (χ1) is 10.8. The fourth-order valence-corrected chi connectivity index (χ4v) is 3.61. The standard InChI is InChI=1S/C21H15I/c22-19-12-11-16-7-4-9-18(21(16)14-19)13-17-8-3-6-15-5-1-2-10-20(15)17/h1-12,14H,13H2. The van der Waals surface area contributed by atoms with Gasteiger partial charge in [-0.05, 0) is 73.8 Å². The smallest absolute Gasteiger partial charge is 0.0136 e. The van der Waals surface area contributed by atoms with E-state index in [1.54, 1.807) is 0 Å². The molecule has 0 atom stereocenters. The summed E-state index contributed by atoms with van der Waals surface area (Å²) in [6.07, 6.45) is 0.971. The van der Waals surface area contributed by atoms with E-state index in [9.17, 15) is 0 Å².